The minimum absolute atomic E-state index is 0.0841. The molecule has 0 atom stereocenters. The van der Waals surface area contributed by atoms with Gasteiger partial charge in [0.05, 0.1) is 5.69 Å². The molecule has 0 amide bonds. The molecular formula is C29H27N3OS. The lowest BCUT2D eigenvalue weighted by atomic mass is 10.0. The summed E-state index contributed by atoms with van der Waals surface area (Å²) in [6.07, 6.45) is 1.88. The van der Waals surface area contributed by atoms with Crippen LogP contribution in [0.1, 0.15) is 36.5 Å². The number of benzene rings is 3. The molecule has 5 heteroatoms. The molecule has 0 radical (unpaired) electrons. The van der Waals surface area contributed by atoms with E-state index in [0.29, 0.717) is 22.1 Å². The Bertz CT molecular complexity index is 1500. The van der Waals surface area contributed by atoms with Crippen LogP contribution >= 0.6 is 11.8 Å². The summed E-state index contributed by atoms with van der Waals surface area (Å²) in [5, 5.41) is 0.691. The van der Waals surface area contributed by atoms with Gasteiger partial charge in [0.2, 0.25) is 0 Å². The van der Waals surface area contributed by atoms with Crippen molar-refractivity contribution in [1.29, 1.82) is 0 Å². The van der Waals surface area contributed by atoms with Gasteiger partial charge in [0.25, 0.3) is 5.56 Å². The molecule has 0 saturated heterocycles. The summed E-state index contributed by atoms with van der Waals surface area (Å²) in [4.78, 5) is 22.0. The Labute approximate surface area is 203 Å². The van der Waals surface area contributed by atoms with Crippen LogP contribution in [0.3, 0.4) is 0 Å². The number of para-hydroxylation sites is 1. The second kappa shape index (κ2) is 9.35. The summed E-state index contributed by atoms with van der Waals surface area (Å²) >= 11 is 1.59. The lowest BCUT2D eigenvalue weighted by Gasteiger charge is -2.15. The van der Waals surface area contributed by atoms with Crippen molar-refractivity contribution >= 4 is 22.8 Å². The Hall–Kier alpha value is -3.57. The number of aromatic nitrogens is 3. The summed E-state index contributed by atoms with van der Waals surface area (Å²) in [7, 11) is 0. The molecule has 0 bridgehead atoms. The van der Waals surface area contributed by atoms with Gasteiger partial charge in [-0.1, -0.05) is 98.4 Å². The first-order valence-corrected chi connectivity index (χ1v) is 12.5. The van der Waals surface area contributed by atoms with Gasteiger partial charge in [0.15, 0.2) is 5.16 Å². The van der Waals surface area contributed by atoms with E-state index in [2.05, 4.69) is 43.1 Å². The fourth-order valence-corrected chi connectivity index (χ4v) is 5.10. The Balaban J connectivity index is 1.63. The Morgan fingerprint density at radius 1 is 0.941 bits per heavy atom. The molecule has 0 fully saturated rings. The van der Waals surface area contributed by atoms with Gasteiger partial charge in [-0.3, -0.25) is 9.36 Å². The van der Waals surface area contributed by atoms with E-state index in [4.69, 9.17) is 4.98 Å². The molecule has 0 saturated carbocycles. The van der Waals surface area contributed by atoms with Gasteiger partial charge >= 0.3 is 0 Å². The largest absolute Gasteiger partial charge is 0.355 e. The van der Waals surface area contributed by atoms with Gasteiger partial charge in [-0.25, -0.2) is 4.98 Å². The molecule has 0 aliphatic rings. The number of rotatable bonds is 6. The average molecular weight is 466 g/mol. The molecule has 5 aromatic rings. The van der Waals surface area contributed by atoms with Crippen molar-refractivity contribution < 1.29 is 0 Å². The third-order valence-electron chi connectivity index (χ3n) is 6.12. The number of hydrogen-bond acceptors (Lipinski definition) is 3. The predicted octanol–water partition coefficient (Wildman–Crippen LogP) is 7.10. The second-order valence-corrected chi connectivity index (χ2v) is 9.74. The summed E-state index contributed by atoms with van der Waals surface area (Å²) in [6.45, 7) is 6.42. The number of aromatic amines is 1. The van der Waals surface area contributed by atoms with Crippen molar-refractivity contribution in [2.24, 2.45) is 0 Å². The van der Waals surface area contributed by atoms with Gasteiger partial charge in [-0.15, -0.1) is 0 Å². The summed E-state index contributed by atoms with van der Waals surface area (Å²) < 4.78 is 1.75. The first-order valence-electron chi connectivity index (χ1n) is 11.5. The van der Waals surface area contributed by atoms with Gasteiger partial charge in [0, 0.05) is 17.5 Å². The maximum atomic E-state index is 13.8. The molecule has 170 valence electrons. The molecule has 1 N–H and O–H groups in total. The highest BCUT2D eigenvalue weighted by Gasteiger charge is 2.19. The molecule has 4 nitrogen and oxygen atoms in total. The van der Waals surface area contributed by atoms with Crippen molar-refractivity contribution in [3.05, 3.63) is 112 Å². The number of fused-ring (bicyclic) bond motifs is 1. The standard InChI is InChI=1S/C29H27N3OS/c1-19(2)22-15-13-21(14-16-22)18-34-29-31-26-24(23-10-5-4-6-11-23)17-30-27(26)28(33)32(29)25-12-8-7-9-20(25)3/h4-17,19,30H,18H2,1-3H3. The van der Waals surface area contributed by atoms with Crippen LogP contribution in [-0.4, -0.2) is 14.5 Å². The lowest BCUT2D eigenvalue weighted by Crippen LogP contribution is -2.22. The van der Waals surface area contributed by atoms with Gasteiger partial charge in [-0.2, -0.15) is 0 Å². The zero-order valence-electron chi connectivity index (χ0n) is 19.6. The quantitative estimate of drug-likeness (QED) is 0.215. The minimum Gasteiger partial charge on any atom is -0.355 e. The molecule has 0 aliphatic carbocycles. The first kappa shape index (κ1) is 22.2. The highest BCUT2D eigenvalue weighted by molar-refractivity contribution is 7.98. The molecule has 3 aromatic carbocycles. The van der Waals surface area contributed by atoms with E-state index in [0.717, 1.165) is 28.1 Å². The smallest absolute Gasteiger partial charge is 0.283 e. The lowest BCUT2D eigenvalue weighted by molar-refractivity contribution is 0.813. The van der Waals surface area contributed by atoms with Crippen molar-refractivity contribution in [2.45, 2.75) is 37.6 Å². The zero-order valence-corrected chi connectivity index (χ0v) is 20.4. The van der Waals surface area contributed by atoms with E-state index in [1.165, 1.54) is 11.1 Å². The minimum atomic E-state index is -0.0841. The molecule has 0 unspecified atom stereocenters. The maximum absolute atomic E-state index is 13.8. The van der Waals surface area contributed by atoms with Gasteiger partial charge in [0.1, 0.15) is 11.0 Å². The van der Waals surface area contributed by atoms with Crippen LogP contribution < -0.4 is 5.56 Å². The Morgan fingerprint density at radius 3 is 2.35 bits per heavy atom. The zero-order chi connectivity index (χ0) is 23.7. The van der Waals surface area contributed by atoms with Crippen LogP contribution in [0.2, 0.25) is 0 Å². The molecule has 2 heterocycles. The topological polar surface area (TPSA) is 50.7 Å². The van der Waals surface area contributed by atoms with Crippen LogP contribution in [0.15, 0.2) is 95.0 Å². The van der Waals surface area contributed by atoms with Crippen LogP contribution in [0, 0.1) is 6.92 Å². The predicted molar refractivity (Wildman–Crippen MR) is 142 cm³/mol. The van der Waals surface area contributed by atoms with E-state index in [-0.39, 0.29) is 5.56 Å². The molecule has 0 aliphatic heterocycles. The molecule has 2 aromatic heterocycles. The van der Waals surface area contributed by atoms with Crippen molar-refractivity contribution in [2.75, 3.05) is 0 Å². The number of H-pyrrole nitrogens is 1. The van der Waals surface area contributed by atoms with E-state index in [1.54, 1.807) is 16.3 Å². The van der Waals surface area contributed by atoms with Crippen LogP contribution in [0.25, 0.3) is 27.8 Å². The number of thioether (sulfide) groups is 1. The summed E-state index contributed by atoms with van der Waals surface area (Å²) in [5.74, 6) is 1.23. The number of hydrogen-bond donors (Lipinski definition) is 1. The average Bonchev–Trinajstić information content (AvgIpc) is 3.29. The van der Waals surface area contributed by atoms with Crippen LogP contribution in [-0.2, 0) is 5.75 Å². The Morgan fingerprint density at radius 2 is 1.65 bits per heavy atom. The summed E-state index contributed by atoms with van der Waals surface area (Å²) in [6, 6.07) is 26.7. The Kier molecular flexibility index (Phi) is 6.12. The fraction of sp³-hybridized carbons (Fsp3) is 0.172. The van der Waals surface area contributed by atoms with Crippen molar-refractivity contribution in [3.63, 3.8) is 0 Å². The molecule has 34 heavy (non-hydrogen) atoms. The van der Waals surface area contributed by atoms with Crippen molar-refractivity contribution in [1.82, 2.24) is 14.5 Å². The van der Waals surface area contributed by atoms with Crippen LogP contribution in [0.4, 0.5) is 0 Å². The number of aryl methyl sites for hydroxylation is 1. The first-order chi connectivity index (χ1) is 16.5. The monoisotopic (exact) mass is 465 g/mol. The molecule has 5 rings (SSSR count). The third kappa shape index (κ3) is 4.19. The fourth-order valence-electron chi connectivity index (χ4n) is 4.15. The SMILES string of the molecule is Cc1ccccc1-n1c(SCc2ccc(C(C)C)cc2)nc2c(-c3ccccc3)c[nH]c2c1=O. The molecule has 0 spiro atoms. The van der Waals surface area contributed by atoms with Crippen LogP contribution in [0.5, 0.6) is 0 Å². The number of nitrogens with one attached hydrogen (secondary N) is 1. The van der Waals surface area contributed by atoms with Gasteiger partial charge < -0.3 is 4.98 Å². The van der Waals surface area contributed by atoms with E-state index in [1.807, 2.05) is 67.7 Å². The third-order valence-corrected chi connectivity index (χ3v) is 7.13. The van der Waals surface area contributed by atoms with E-state index >= 15 is 0 Å². The normalized spacial score (nSPS) is 11.4. The highest BCUT2D eigenvalue weighted by Crippen LogP contribution is 2.30. The molecular weight excluding hydrogens is 438 g/mol. The number of nitrogens with zero attached hydrogens (tertiary/aromatic N) is 2. The van der Waals surface area contributed by atoms with E-state index < -0.39 is 0 Å². The van der Waals surface area contributed by atoms with Crippen molar-refractivity contribution in [3.8, 4) is 16.8 Å². The maximum Gasteiger partial charge on any atom is 0.283 e. The highest BCUT2D eigenvalue weighted by atomic mass is 32.2. The second-order valence-electron chi connectivity index (χ2n) is 8.80. The van der Waals surface area contributed by atoms with Gasteiger partial charge in [-0.05, 0) is 41.2 Å². The van der Waals surface area contributed by atoms with E-state index in [9.17, 15) is 4.79 Å². The summed E-state index contributed by atoms with van der Waals surface area (Å²) in [5.41, 5.74) is 7.54.